The Hall–Kier alpha value is -4.45. The highest BCUT2D eigenvalue weighted by Gasteiger charge is 2.29. The fraction of sp³-hybridized carbons (Fsp3) is 0.0741. The van der Waals surface area contributed by atoms with E-state index in [1.165, 1.54) is 5.01 Å². The van der Waals surface area contributed by atoms with E-state index in [0.717, 1.165) is 33.9 Å². The van der Waals surface area contributed by atoms with E-state index >= 15 is 0 Å². The van der Waals surface area contributed by atoms with E-state index in [0.29, 0.717) is 11.3 Å². The minimum absolute atomic E-state index is 0.164. The third-order valence-electron chi connectivity index (χ3n) is 5.47. The van der Waals surface area contributed by atoms with Gasteiger partial charge in [-0.15, -0.1) is 0 Å². The van der Waals surface area contributed by atoms with Crippen molar-refractivity contribution in [3.05, 3.63) is 102 Å². The first kappa shape index (κ1) is 20.5. The molecule has 0 atom stereocenters. The number of amides is 1. The standard InChI is InChI=1S/C27H22N4O2/c1-19-25(27(32)31(28-19)23-13-7-4-8-14-23)17-21-18-30(22-11-5-3-6-12-22)29-26(21)20-10-9-15-24(16-20)33-2/h3-18H,1-2H3/b25-17-. The number of carbonyl (C=O) groups excluding carboxylic acids is 1. The summed E-state index contributed by atoms with van der Waals surface area (Å²) in [6, 6.07) is 27.0. The van der Waals surface area contributed by atoms with Crippen LogP contribution in [0, 0.1) is 0 Å². The third kappa shape index (κ3) is 3.94. The maximum absolute atomic E-state index is 13.2. The zero-order valence-electron chi connectivity index (χ0n) is 18.3. The SMILES string of the molecule is COc1cccc(-c2nn(-c3ccccc3)cc2/C=C2\C(=O)N(c3ccccc3)N=C2C)c1. The summed E-state index contributed by atoms with van der Waals surface area (Å²) in [5.41, 5.74) is 5.34. The highest BCUT2D eigenvalue weighted by molar-refractivity contribution is 6.32. The summed E-state index contributed by atoms with van der Waals surface area (Å²) in [5, 5.41) is 10.8. The van der Waals surface area contributed by atoms with Crippen molar-refractivity contribution in [3.63, 3.8) is 0 Å². The Morgan fingerprint density at radius 2 is 1.58 bits per heavy atom. The van der Waals surface area contributed by atoms with Gasteiger partial charge >= 0.3 is 0 Å². The number of para-hydroxylation sites is 2. The molecule has 162 valence electrons. The van der Waals surface area contributed by atoms with E-state index in [-0.39, 0.29) is 5.91 Å². The number of methoxy groups -OCH3 is 1. The van der Waals surface area contributed by atoms with Crippen molar-refractivity contribution < 1.29 is 9.53 Å². The monoisotopic (exact) mass is 434 g/mol. The predicted octanol–water partition coefficient (Wildman–Crippen LogP) is 5.35. The molecule has 4 aromatic rings. The molecule has 0 spiro atoms. The molecule has 1 amide bonds. The molecule has 1 aliphatic heterocycles. The average Bonchev–Trinajstić information content (AvgIpc) is 3.42. The highest BCUT2D eigenvalue weighted by atomic mass is 16.5. The van der Waals surface area contributed by atoms with Crippen LogP contribution >= 0.6 is 0 Å². The number of rotatable bonds is 5. The summed E-state index contributed by atoms with van der Waals surface area (Å²) in [4.78, 5) is 13.2. The van der Waals surface area contributed by atoms with Gasteiger partial charge in [-0.3, -0.25) is 4.79 Å². The minimum atomic E-state index is -0.164. The maximum atomic E-state index is 13.2. The van der Waals surface area contributed by atoms with E-state index in [2.05, 4.69) is 5.10 Å². The molecule has 6 heteroatoms. The highest BCUT2D eigenvalue weighted by Crippen LogP contribution is 2.30. The van der Waals surface area contributed by atoms with Gasteiger partial charge in [0, 0.05) is 17.3 Å². The summed E-state index contributed by atoms with van der Waals surface area (Å²) < 4.78 is 7.23. The number of ether oxygens (including phenoxy) is 1. The van der Waals surface area contributed by atoms with Gasteiger partial charge in [0.25, 0.3) is 5.91 Å². The van der Waals surface area contributed by atoms with E-state index in [1.54, 1.807) is 7.11 Å². The molecule has 0 fully saturated rings. The van der Waals surface area contributed by atoms with E-state index in [1.807, 2.05) is 109 Å². The van der Waals surface area contributed by atoms with Gasteiger partial charge in [0.1, 0.15) is 11.4 Å². The van der Waals surface area contributed by atoms with Crippen LogP contribution in [0.5, 0.6) is 5.75 Å². The molecule has 0 radical (unpaired) electrons. The fourth-order valence-electron chi connectivity index (χ4n) is 3.78. The Morgan fingerprint density at radius 1 is 0.879 bits per heavy atom. The van der Waals surface area contributed by atoms with Gasteiger partial charge in [0.05, 0.1) is 29.8 Å². The van der Waals surface area contributed by atoms with E-state index < -0.39 is 0 Å². The van der Waals surface area contributed by atoms with Gasteiger partial charge in [-0.1, -0.05) is 48.5 Å². The molecule has 6 nitrogen and oxygen atoms in total. The van der Waals surface area contributed by atoms with Crippen molar-refractivity contribution in [2.24, 2.45) is 5.10 Å². The number of hydrogen-bond acceptors (Lipinski definition) is 4. The first-order chi connectivity index (χ1) is 16.1. The lowest BCUT2D eigenvalue weighted by Crippen LogP contribution is -2.21. The quantitative estimate of drug-likeness (QED) is 0.398. The molecule has 1 aliphatic rings. The topological polar surface area (TPSA) is 59.7 Å². The largest absolute Gasteiger partial charge is 0.497 e. The van der Waals surface area contributed by atoms with Gasteiger partial charge in [-0.05, 0) is 49.4 Å². The lowest BCUT2D eigenvalue weighted by atomic mass is 10.0. The number of hydrogen-bond donors (Lipinski definition) is 0. The Labute approximate surface area is 192 Å². The Morgan fingerprint density at radius 3 is 2.27 bits per heavy atom. The molecule has 0 aliphatic carbocycles. The van der Waals surface area contributed by atoms with Crippen LogP contribution < -0.4 is 9.75 Å². The number of benzene rings is 3. The molecule has 0 N–H and O–H groups in total. The van der Waals surface area contributed by atoms with Crippen molar-refractivity contribution in [2.75, 3.05) is 12.1 Å². The summed E-state index contributed by atoms with van der Waals surface area (Å²) in [6.45, 7) is 1.85. The fourth-order valence-corrected chi connectivity index (χ4v) is 3.78. The molecular formula is C27H22N4O2. The lowest BCUT2D eigenvalue weighted by molar-refractivity contribution is -0.114. The van der Waals surface area contributed by atoms with Crippen LogP contribution in [0.3, 0.4) is 0 Å². The van der Waals surface area contributed by atoms with Crippen molar-refractivity contribution in [3.8, 4) is 22.7 Å². The summed E-state index contributed by atoms with van der Waals surface area (Å²) in [5.74, 6) is 0.577. The first-order valence-corrected chi connectivity index (χ1v) is 10.6. The average molecular weight is 434 g/mol. The van der Waals surface area contributed by atoms with Gasteiger partial charge in [-0.2, -0.15) is 15.2 Å². The van der Waals surface area contributed by atoms with E-state index in [9.17, 15) is 4.79 Å². The van der Waals surface area contributed by atoms with Crippen LogP contribution in [-0.2, 0) is 4.79 Å². The van der Waals surface area contributed by atoms with Crippen LogP contribution in [0.25, 0.3) is 23.0 Å². The van der Waals surface area contributed by atoms with Crippen molar-refractivity contribution >= 4 is 23.4 Å². The summed E-state index contributed by atoms with van der Waals surface area (Å²) in [6.07, 6.45) is 3.80. The Bertz CT molecular complexity index is 1370. The lowest BCUT2D eigenvalue weighted by Gasteiger charge is -2.11. The van der Waals surface area contributed by atoms with Gasteiger partial charge in [0.2, 0.25) is 0 Å². The predicted molar refractivity (Wildman–Crippen MR) is 131 cm³/mol. The molecule has 0 saturated carbocycles. The van der Waals surface area contributed by atoms with E-state index in [4.69, 9.17) is 9.84 Å². The van der Waals surface area contributed by atoms with Crippen LogP contribution in [0.2, 0.25) is 0 Å². The minimum Gasteiger partial charge on any atom is -0.497 e. The zero-order chi connectivity index (χ0) is 22.8. The van der Waals surface area contributed by atoms with Gasteiger partial charge < -0.3 is 4.74 Å². The van der Waals surface area contributed by atoms with Gasteiger partial charge in [-0.25, -0.2) is 4.68 Å². The number of aromatic nitrogens is 2. The van der Waals surface area contributed by atoms with Crippen LogP contribution in [0.1, 0.15) is 12.5 Å². The van der Waals surface area contributed by atoms with Crippen LogP contribution in [0.4, 0.5) is 5.69 Å². The second-order valence-electron chi connectivity index (χ2n) is 7.64. The molecule has 33 heavy (non-hydrogen) atoms. The maximum Gasteiger partial charge on any atom is 0.280 e. The number of hydrazone groups is 1. The molecule has 3 aromatic carbocycles. The molecule has 1 aromatic heterocycles. The Balaban J connectivity index is 1.61. The second-order valence-corrected chi connectivity index (χ2v) is 7.64. The zero-order valence-corrected chi connectivity index (χ0v) is 18.3. The molecule has 5 rings (SSSR count). The summed E-state index contributed by atoms with van der Waals surface area (Å²) >= 11 is 0. The van der Waals surface area contributed by atoms with Crippen molar-refractivity contribution in [1.82, 2.24) is 9.78 Å². The number of anilines is 1. The number of carbonyl (C=O) groups is 1. The summed E-state index contributed by atoms with van der Waals surface area (Å²) in [7, 11) is 1.64. The Kier molecular flexibility index (Phi) is 5.32. The van der Waals surface area contributed by atoms with Crippen molar-refractivity contribution in [2.45, 2.75) is 6.92 Å². The van der Waals surface area contributed by atoms with Crippen LogP contribution in [-0.4, -0.2) is 28.5 Å². The first-order valence-electron chi connectivity index (χ1n) is 10.6. The second kappa shape index (κ2) is 8.59. The normalized spacial score (nSPS) is 14.6. The molecule has 0 saturated heterocycles. The molecule has 2 heterocycles. The smallest absolute Gasteiger partial charge is 0.280 e. The molecular weight excluding hydrogens is 412 g/mol. The van der Waals surface area contributed by atoms with Crippen molar-refractivity contribution in [1.29, 1.82) is 0 Å². The molecule has 0 bridgehead atoms. The number of nitrogens with zero attached hydrogens (tertiary/aromatic N) is 4. The molecule has 0 unspecified atom stereocenters. The van der Waals surface area contributed by atoms with Crippen LogP contribution in [0.15, 0.2) is 102 Å². The van der Waals surface area contributed by atoms with Gasteiger partial charge in [0.15, 0.2) is 0 Å². The third-order valence-corrected chi connectivity index (χ3v) is 5.47.